The largest absolute Gasteiger partial charge is 0.573 e. The molecule has 0 spiro atoms. The second kappa shape index (κ2) is 10.7. The van der Waals surface area contributed by atoms with E-state index in [1.807, 2.05) is 13.8 Å². The summed E-state index contributed by atoms with van der Waals surface area (Å²) in [6.45, 7) is 4.00. The quantitative estimate of drug-likeness (QED) is 0.324. The van der Waals surface area contributed by atoms with E-state index >= 15 is 0 Å². The highest BCUT2D eigenvalue weighted by molar-refractivity contribution is 9.10. The Morgan fingerprint density at radius 3 is 2.64 bits per heavy atom. The van der Waals surface area contributed by atoms with E-state index in [1.165, 1.54) is 12.1 Å². The van der Waals surface area contributed by atoms with Crippen LogP contribution in [0.25, 0.3) is 0 Å². The van der Waals surface area contributed by atoms with Gasteiger partial charge in [-0.3, -0.25) is 0 Å². The molecule has 12 heteroatoms. The van der Waals surface area contributed by atoms with Gasteiger partial charge in [0.05, 0.1) is 5.69 Å². The maximum absolute atomic E-state index is 12.7. The van der Waals surface area contributed by atoms with Crippen LogP contribution in [0.4, 0.5) is 30.5 Å². The van der Waals surface area contributed by atoms with Crippen molar-refractivity contribution in [3.63, 3.8) is 0 Å². The van der Waals surface area contributed by atoms with Gasteiger partial charge in [-0.25, -0.2) is 9.97 Å². The van der Waals surface area contributed by atoms with Gasteiger partial charge in [0.2, 0.25) is 0 Å². The first-order chi connectivity index (χ1) is 15.8. The van der Waals surface area contributed by atoms with Gasteiger partial charge in [0, 0.05) is 22.4 Å². The molecule has 1 aromatic carbocycles. The Morgan fingerprint density at radius 2 is 1.91 bits per heavy atom. The summed E-state index contributed by atoms with van der Waals surface area (Å²) in [6, 6.07) is 11.2. The number of nitrogens with one attached hydrogen (secondary N) is 3. The molecule has 174 valence electrons. The zero-order valence-electron chi connectivity index (χ0n) is 17.4. The molecule has 0 saturated heterocycles. The van der Waals surface area contributed by atoms with Gasteiger partial charge in [0.25, 0.3) is 0 Å². The van der Waals surface area contributed by atoms with Gasteiger partial charge in [0.15, 0.2) is 28.7 Å². The van der Waals surface area contributed by atoms with Crippen LogP contribution in [0.3, 0.4) is 0 Å². The van der Waals surface area contributed by atoms with Crippen molar-refractivity contribution in [2.24, 2.45) is 0 Å². The number of benzene rings is 1. The number of anilines is 3. The summed E-state index contributed by atoms with van der Waals surface area (Å²) in [4.78, 5) is 8.38. The van der Waals surface area contributed by atoms with Crippen molar-refractivity contribution in [1.29, 1.82) is 0 Å². The standard InChI is InChI=1S/C19H13BrF3N5O2S.C2H6/c20-11-3-4-12(14(9-11)30-19(21,22)23)26-18(31)27-15-8-10(5-7-24-15)17-28-16-13(29-17)2-1-6-25-16;1-2/h1-9,17H,(H,25,28)(H2,24,26,27,31);1-2H3. The highest BCUT2D eigenvalue weighted by Gasteiger charge is 2.32. The maximum atomic E-state index is 12.7. The number of alkyl halides is 3. The number of nitrogens with zero attached hydrogens (tertiary/aromatic N) is 2. The van der Waals surface area contributed by atoms with Crippen LogP contribution < -0.4 is 25.4 Å². The van der Waals surface area contributed by atoms with Gasteiger partial charge < -0.3 is 25.4 Å². The number of hydrogen-bond donors (Lipinski definition) is 3. The normalized spacial score (nSPS) is 14.1. The molecule has 3 heterocycles. The Morgan fingerprint density at radius 1 is 1.12 bits per heavy atom. The second-order valence-corrected chi connectivity index (χ2v) is 7.56. The van der Waals surface area contributed by atoms with Gasteiger partial charge in [0.1, 0.15) is 5.82 Å². The van der Waals surface area contributed by atoms with Gasteiger partial charge >= 0.3 is 6.36 Å². The van der Waals surface area contributed by atoms with Crippen LogP contribution in [0.2, 0.25) is 0 Å². The number of aromatic nitrogens is 2. The van der Waals surface area contributed by atoms with Crippen molar-refractivity contribution in [2.45, 2.75) is 26.4 Å². The van der Waals surface area contributed by atoms with Crippen LogP contribution in [0.15, 0.2) is 59.3 Å². The van der Waals surface area contributed by atoms with Gasteiger partial charge in [-0.15, -0.1) is 13.2 Å². The van der Waals surface area contributed by atoms with E-state index in [0.29, 0.717) is 21.9 Å². The predicted octanol–water partition coefficient (Wildman–Crippen LogP) is 6.48. The summed E-state index contributed by atoms with van der Waals surface area (Å²) in [5, 5.41) is 8.70. The number of fused-ring (bicyclic) bond motifs is 1. The highest BCUT2D eigenvalue weighted by Crippen LogP contribution is 2.36. The van der Waals surface area contributed by atoms with E-state index in [9.17, 15) is 13.2 Å². The van der Waals surface area contributed by atoms with Crippen molar-refractivity contribution in [3.8, 4) is 11.5 Å². The minimum absolute atomic E-state index is 0.0317. The zero-order valence-corrected chi connectivity index (χ0v) is 19.8. The Kier molecular flexibility index (Phi) is 7.92. The Labute approximate surface area is 201 Å². The van der Waals surface area contributed by atoms with E-state index in [1.54, 1.807) is 42.7 Å². The molecular weight excluding hydrogens is 523 g/mol. The SMILES string of the molecule is CC.FC(F)(F)Oc1cc(Br)ccc1NC(=S)Nc1cc(C2Nc3ncccc3O2)ccn1. The first-order valence-corrected chi connectivity index (χ1v) is 10.9. The van der Waals surface area contributed by atoms with E-state index in [-0.39, 0.29) is 10.8 Å². The molecule has 1 aliphatic heterocycles. The molecule has 2 aromatic heterocycles. The lowest BCUT2D eigenvalue weighted by Crippen LogP contribution is -2.22. The van der Waals surface area contributed by atoms with Crippen molar-refractivity contribution < 1.29 is 22.6 Å². The molecule has 33 heavy (non-hydrogen) atoms. The van der Waals surface area contributed by atoms with Gasteiger partial charge in [-0.05, 0) is 54.7 Å². The maximum Gasteiger partial charge on any atom is 0.573 e. The second-order valence-electron chi connectivity index (χ2n) is 6.23. The minimum Gasteiger partial charge on any atom is -0.463 e. The molecule has 1 aliphatic rings. The third kappa shape index (κ3) is 6.68. The zero-order chi connectivity index (χ0) is 24.0. The molecule has 3 aromatic rings. The molecule has 4 rings (SSSR count). The van der Waals surface area contributed by atoms with Crippen molar-refractivity contribution in [2.75, 3.05) is 16.0 Å². The fourth-order valence-corrected chi connectivity index (χ4v) is 3.34. The number of hydrogen-bond acceptors (Lipinski definition) is 6. The summed E-state index contributed by atoms with van der Waals surface area (Å²) in [5.41, 5.74) is 0.791. The molecule has 0 amide bonds. The van der Waals surface area contributed by atoms with E-state index in [4.69, 9.17) is 17.0 Å². The third-order valence-electron chi connectivity index (χ3n) is 4.03. The van der Waals surface area contributed by atoms with Crippen LogP contribution >= 0.6 is 28.1 Å². The summed E-state index contributed by atoms with van der Waals surface area (Å²) >= 11 is 8.34. The van der Waals surface area contributed by atoms with Crippen LogP contribution in [0.1, 0.15) is 25.6 Å². The summed E-state index contributed by atoms with van der Waals surface area (Å²) in [7, 11) is 0. The van der Waals surface area contributed by atoms with Crippen LogP contribution in [0, 0.1) is 0 Å². The Bertz CT molecular complexity index is 1110. The molecule has 7 nitrogen and oxygen atoms in total. The number of halogens is 4. The highest BCUT2D eigenvalue weighted by atomic mass is 79.9. The van der Waals surface area contributed by atoms with E-state index in [0.717, 1.165) is 5.56 Å². The number of ether oxygens (including phenoxy) is 2. The summed E-state index contributed by atoms with van der Waals surface area (Å²) in [6.07, 6.45) is -2.10. The van der Waals surface area contributed by atoms with E-state index in [2.05, 4.69) is 46.6 Å². The number of pyridine rings is 2. The van der Waals surface area contributed by atoms with Crippen molar-refractivity contribution in [1.82, 2.24) is 9.97 Å². The van der Waals surface area contributed by atoms with Crippen LogP contribution in [-0.2, 0) is 0 Å². The first-order valence-electron chi connectivity index (χ1n) is 9.74. The molecule has 0 bridgehead atoms. The lowest BCUT2D eigenvalue weighted by molar-refractivity contribution is -0.274. The Hall–Kier alpha value is -3.12. The van der Waals surface area contributed by atoms with Crippen molar-refractivity contribution in [3.05, 3.63) is 64.9 Å². The molecule has 1 unspecified atom stereocenters. The Balaban J connectivity index is 0.00000149. The lowest BCUT2D eigenvalue weighted by Gasteiger charge is -2.16. The average molecular weight is 542 g/mol. The third-order valence-corrected chi connectivity index (χ3v) is 4.73. The summed E-state index contributed by atoms with van der Waals surface area (Å²) in [5.74, 6) is 1.20. The van der Waals surface area contributed by atoms with E-state index < -0.39 is 18.3 Å². The molecule has 0 radical (unpaired) electrons. The molecule has 0 aliphatic carbocycles. The average Bonchev–Trinajstić information content (AvgIpc) is 3.21. The molecular formula is C21H19BrF3N5O2S. The fraction of sp³-hybridized carbons (Fsp3) is 0.190. The van der Waals surface area contributed by atoms with Crippen molar-refractivity contribution >= 4 is 50.6 Å². The first kappa shape index (κ1) is 24.5. The molecule has 1 atom stereocenters. The molecule has 3 N–H and O–H groups in total. The smallest absolute Gasteiger partial charge is 0.463 e. The number of thiocarbonyl (C=S) groups is 1. The van der Waals surface area contributed by atoms with Crippen LogP contribution in [-0.4, -0.2) is 21.4 Å². The lowest BCUT2D eigenvalue weighted by atomic mass is 10.2. The minimum atomic E-state index is -4.84. The fourth-order valence-electron chi connectivity index (χ4n) is 2.78. The van der Waals surface area contributed by atoms with Gasteiger partial charge in [-0.1, -0.05) is 29.8 Å². The monoisotopic (exact) mass is 541 g/mol. The van der Waals surface area contributed by atoms with Gasteiger partial charge in [-0.2, -0.15) is 0 Å². The summed E-state index contributed by atoms with van der Waals surface area (Å²) < 4.78 is 48.3. The molecule has 0 fully saturated rings. The van der Waals surface area contributed by atoms with Crippen LogP contribution in [0.5, 0.6) is 11.5 Å². The topological polar surface area (TPSA) is 80.3 Å². The predicted molar refractivity (Wildman–Crippen MR) is 127 cm³/mol. The number of rotatable bonds is 4. The molecule has 0 saturated carbocycles.